The van der Waals surface area contributed by atoms with Gasteiger partial charge in [-0.25, -0.2) is 4.98 Å². The number of alkyl halides is 3. The zero-order chi connectivity index (χ0) is 23.9. The number of nitrogens with one attached hydrogen (secondary N) is 2. The van der Waals surface area contributed by atoms with E-state index < -0.39 is 17.8 Å². The minimum absolute atomic E-state index is 0.0793. The summed E-state index contributed by atoms with van der Waals surface area (Å²) in [5.41, 5.74) is 0.296. The number of carbonyl (C=O) groups is 1. The van der Waals surface area contributed by atoms with Crippen molar-refractivity contribution in [2.24, 2.45) is 7.05 Å². The molecule has 3 aromatic rings. The molecule has 1 amide bonds. The Bertz CT molecular complexity index is 1180. The van der Waals surface area contributed by atoms with Crippen LogP contribution in [0.4, 0.5) is 24.7 Å². The van der Waals surface area contributed by atoms with Crippen molar-refractivity contribution in [3.63, 3.8) is 0 Å². The van der Waals surface area contributed by atoms with E-state index in [1.807, 2.05) is 6.07 Å². The molecule has 2 aromatic heterocycles. The zero-order valence-electron chi connectivity index (χ0n) is 18.6. The average Bonchev–Trinajstić information content (AvgIpc) is 3.12. The number of nitrogens with zero attached hydrogens (tertiary/aromatic N) is 5. The Labute approximate surface area is 187 Å². The maximum absolute atomic E-state index is 13.1. The van der Waals surface area contributed by atoms with Crippen LogP contribution in [0.5, 0.6) is 6.01 Å². The predicted octanol–water partition coefficient (Wildman–Crippen LogP) is 2.83. The van der Waals surface area contributed by atoms with Gasteiger partial charge in [0, 0.05) is 55.6 Å². The molecule has 0 spiro atoms. The van der Waals surface area contributed by atoms with Crippen LogP contribution in [-0.4, -0.2) is 57.9 Å². The number of aromatic nitrogens is 4. The number of piperazine rings is 1. The molecule has 12 heteroatoms. The van der Waals surface area contributed by atoms with E-state index in [0.717, 1.165) is 29.5 Å². The number of ether oxygens (including phenoxy) is 1. The van der Waals surface area contributed by atoms with Crippen LogP contribution < -0.4 is 20.3 Å². The lowest BCUT2D eigenvalue weighted by Gasteiger charge is -2.38. The van der Waals surface area contributed by atoms with Crippen molar-refractivity contribution in [1.29, 1.82) is 0 Å². The molecule has 2 N–H and O–H groups in total. The summed E-state index contributed by atoms with van der Waals surface area (Å²) in [6, 6.07) is 4.81. The molecule has 1 aliphatic heterocycles. The molecule has 0 radical (unpaired) electrons. The molecule has 3 heterocycles. The number of anilines is 2. The highest BCUT2D eigenvalue weighted by Crippen LogP contribution is 2.32. The first-order chi connectivity index (χ1) is 15.6. The molecule has 0 bridgehead atoms. The summed E-state index contributed by atoms with van der Waals surface area (Å²) in [6.07, 6.45) is -3.02. The summed E-state index contributed by atoms with van der Waals surface area (Å²) in [5.74, 6) is -0.707. The number of benzene rings is 1. The Morgan fingerprint density at radius 2 is 1.94 bits per heavy atom. The fourth-order valence-electron chi connectivity index (χ4n) is 4.08. The van der Waals surface area contributed by atoms with Gasteiger partial charge in [-0.3, -0.25) is 9.48 Å². The van der Waals surface area contributed by atoms with Gasteiger partial charge in [0.1, 0.15) is 5.82 Å². The lowest BCUT2D eigenvalue weighted by molar-refractivity contribution is -0.141. The molecule has 1 saturated heterocycles. The van der Waals surface area contributed by atoms with Crippen molar-refractivity contribution in [2.75, 3.05) is 30.4 Å². The summed E-state index contributed by atoms with van der Waals surface area (Å²) < 4.78 is 45.0. The molecule has 33 heavy (non-hydrogen) atoms. The second kappa shape index (κ2) is 8.50. The number of fused-ring (bicyclic) bond motifs is 1. The van der Waals surface area contributed by atoms with Gasteiger partial charge in [-0.15, -0.1) is 0 Å². The van der Waals surface area contributed by atoms with E-state index >= 15 is 0 Å². The minimum atomic E-state index is -4.62. The van der Waals surface area contributed by atoms with Crippen molar-refractivity contribution < 1.29 is 22.7 Å². The van der Waals surface area contributed by atoms with Crippen molar-refractivity contribution >= 4 is 28.3 Å². The van der Waals surface area contributed by atoms with Gasteiger partial charge in [-0.1, -0.05) is 0 Å². The SMILES string of the molecule is COc1ncc2c(N3C[C@@H](C)N[C@@H](C)C3)ccc(C(=O)Nc3cc(C(F)(F)F)nn3C)c2n1. The number of rotatable bonds is 4. The molecule has 0 saturated carbocycles. The van der Waals surface area contributed by atoms with Crippen LogP contribution in [0.25, 0.3) is 10.9 Å². The lowest BCUT2D eigenvalue weighted by atomic mass is 10.0. The Morgan fingerprint density at radius 3 is 2.55 bits per heavy atom. The van der Waals surface area contributed by atoms with Gasteiger partial charge in [-0.05, 0) is 26.0 Å². The maximum Gasteiger partial charge on any atom is 0.435 e. The molecule has 1 aromatic carbocycles. The predicted molar refractivity (Wildman–Crippen MR) is 117 cm³/mol. The Morgan fingerprint density at radius 1 is 1.24 bits per heavy atom. The van der Waals surface area contributed by atoms with Crippen LogP contribution >= 0.6 is 0 Å². The number of amides is 1. The van der Waals surface area contributed by atoms with Gasteiger partial charge in [0.2, 0.25) is 0 Å². The summed E-state index contributed by atoms with van der Waals surface area (Å²) in [4.78, 5) is 23.8. The summed E-state index contributed by atoms with van der Waals surface area (Å²) in [7, 11) is 2.74. The van der Waals surface area contributed by atoms with Crippen LogP contribution in [0.3, 0.4) is 0 Å². The van der Waals surface area contributed by atoms with Crippen LogP contribution in [0, 0.1) is 0 Å². The zero-order valence-corrected chi connectivity index (χ0v) is 18.6. The first kappa shape index (κ1) is 22.8. The highest BCUT2D eigenvalue weighted by atomic mass is 19.4. The molecule has 1 fully saturated rings. The van der Waals surface area contributed by atoms with E-state index in [2.05, 4.69) is 44.4 Å². The molecular weight excluding hydrogens is 439 g/mol. The van der Waals surface area contributed by atoms with Crippen LogP contribution in [-0.2, 0) is 13.2 Å². The number of halogens is 3. The molecule has 9 nitrogen and oxygen atoms in total. The summed E-state index contributed by atoms with van der Waals surface area (Å²) >= 11 is 0. The number of hydrogen-bond donors (Lipinski definition) is 2. The van der Waals surface area contributed by atoms with E-state index in [1.165, 1.54) is 14.2 Å². The third kappa shape index (κ3) is 4.56. The average molecular weight is 463 g/mol. The van der Waals surface area contributed by atoms with Crippen LogP contribution in [0.2, 0.25) is 0 Å². The highest BCUT2D eigenvalue weighted by molar-refractivity contribution is 6.13. The van der Waals surface area contributed by atoms with Gasteiger partial charge in [0.15, 0.2) is 5.69 Å². The van der Waals surface area contributed by atoms with E-state index in [0.29, 0.717) is 10.9 Å². The number of aryl methyl sites for hydroxylation is 1. The Hall–Kier alpha value is -3.41. The monoisotopic (exact) mass is 463 g/mol. The molecule has 0 aliphatic carbocycles. The molecule has 1 aliphatic rings. The Balaban J connectivity index is 1.74. The van der Waals surface area contributed by atoms with E-state index in [-0.39, 0.29) is 29.5 Å². The van der Waals surface area contributed by atoms with Crippen LogP contribution in [0.15, 0.2) is 24.4 Å². The molecular formula is C21H24F3N7O2. The fourth-order valence-corrected chi connectivity index (χ4v) is 4.08. The number of carbonyl (C=O) groups excluding carboxylic acids is 1. The number of hydrogen-bond acceptors (Lipinski definition) is 7. The van der Waals surface area contributed by atoms with Gasteiger partial charge >= 0.3 is 12.2 Å². The second-order valence-corrected chi connectivity index (χ2v) is 8.12. The second-order valence-electron chi connectivity index (χ2n) is 8.12. The van der Waals surface area contributed by atoms with Crippen molar-refractivity contribution in [3.8, 4) is 6.01 Å². The van der Waals surface area contributed by atoms with Crippen LogP contribution in [0.1, 0.15) is 29.9 Å². The topological polar surface area (TPSA) is 97.2 Å². The molecule has 2 atom stereocenters. The molecule has 4 rings (SSSR count). The molecule has 0 unspecified atom stereocenters. The third-order valence-corrected chi connectivity index (χ3v) is 5.44. The van der Waals surface area contributed by atoms with Gasteiger partial charge < -0.3 is 20.3 Å². The Kier molecular flexibility index (Phi) is 5.87. The number of methoxy groups -OCH3 is 1. The third-order valence-electron chi connectivity index (χ3n) is 5.44. The van der Waals surface area contributed by atoms with Crippen molar-refractivity contribution in [2.45, 2.75) is 32.1 Å². The van der Waals surface area contributed by atoms with E-state index in [4.69, 9.17) is 4.74 Å². The minimum Gasteiger partial charge on any atom is -0.467 e. The highest BCUT2D eigenvalue weighted by Gasteiger charge is 2.35. The fraction of sp³-hybridized carbons (Fsp3) is 0.429. The van der Waals surface area contributed by atoms with Crippen molar-refractivity contribution in [1.82, 2.24) is 25.1 Å². The summed E-state index contributed by atoms with van der Waals surface area (Å²) in [5, 5.41) is 10.0. The normalized spacial score (nSPS) is 19.1. The standard InChI is InChI=1S/C21H24F3N7O2/c1-11-9-31(10-12(2)26-11)15-6-5-13(18-14(15)8-25-20(28-18)33-4)19(32)27-17-7-16(21(22,23)24)29-30(17)3/h5-8,11-12,26H,9-10H2,1-4H3,(H,27,32)/t11-,12+. The first-order valence-corrected chi connectivity index (χ1v) is 10.3. The van der Waals surface area contributed by atoms with Gasteiger partial charge in [0.05, 0.1) is 18.2 Å². The lowest BCUT2D eigenvalue weighted by Crippen LogP contribution is -2.54. The van der Waals surface area contributed by atoms with E-state index in [9.17, 15) is 18.0 Å². The molecule has 176 valence electrons. The maximum atomic E-state index is 13.1. The first-order valence-electron chi connectivity index (χ1n) is 10.3. The van der Waals surface area contributed by atoms with Gasteiger partial charge in [0.25, 0.3) is 5.91 Å². The van der Waals surface area contributed by atoms with Crippen molar-refractivity contribution in [3.05, 3.63) is 35.7 Å². The largest absolute Gasteiger partial charge is 0.467 e. The van der Waals surface area contributed by atoms with E-state index in [1.54, 1.807) is 12.3 Å². The quantitative estimate of drug-likeness (QED) is 0.614. The van der Waals surface area contributed by atoms with Gasteiger partial charge in [-0.2, -0.15) is 23.3 Å². The summed E-state index contributed by atoms with van der Waals surface area (Å²) in [6.45, 7) is 5.70. The smallest absolute Gasteiger partial charge is 0.435 e.